The molecule has 0 aliphatic rings. The van der Waals surface area contributed by atoms with Crippen LogP contribution >= 0.6 is 11.8 Å². The van der Waals surface area contributed by atoms with E-state index >= 15 is 0 Å². The maximum absolute atomic E-state index is 11.6. The molecule has 0 unspecified atom stereocenters. The van der Waals surface area contributed by atoms with Crippen molar-refractivity contribution in [3.05, 3.63) is 36.0 Å². The van der Waals surface area contributed by atoms with Crippen LogP contribution in [-0.2, 0) is 18.3 Å². The van der Waals surface area contributed by atoms with Crippen LogP contribution in [0.15, 0.2) is 29.7 Å². The average Bonchev–Trinajstić information content (AvgIpc) is 3.09. The highest BCUT2D eigenvalue weighted by atomic mass is 32.2. The number of nitriles is 1. The summed E-state index contributed by atoms with van der Waals surface area (Å²) in [6.07, 6.45) is 7.45. The summed E-state index contributed by atoms with van der Waals surface area (Å²) in [6, 6.07) is 4.10. The molecule has 0 spiro atoms. The maximum Gasteiger partial charge on any atom is 0.219 e. The van der Waals surface area contributed by atoms with E-state index in [1.807, 2.05) is 24.6 Å². The van der Waals surface area contributed by atoms with E-state index in [0.717, 1.165) is 24.4 Å². The lowest BCUT2D eigenvalue weighted by Crippen LogP contribution is -2.02. The van der Waals surface area contributed by atoms with Crippen LogP contribution in [0.3, 0.4) is 0 Å². The molecule has 3 heterocycles. The number of nitrogens with zero attached hydrogens (tertiary/aromatic N) is 6. The molecule has 0 aliphatic carbocycles. The summed E-state index contributed by atoms with van der Waals surface area (Å²) in [6.45, 7) is 3.97. The van der Waals surface area contributed by atoms with Crippen molar-refractivity contribution in [3.63, 3.8) is 0 Å². The molecule has 0 saturated carbocycles. The number of aromatic nitrogens is 5. The van der Waals surface area contributed by atoms with Gasteiger partial charge in [0.15, 0.2) is 0 Å². The van der Waals surface area contributed by atoms with Crippen molar-refractivity contribution in [2.24, 2.45) is 7.05 Å². The second-order valence-electron chi connectivity index (χ2n) is 6.59. The molecule has 3 aromatic rings. The van der Waals surface area contributed by atoms with Crippen molar-refractivity contribution in [1.29, 1.82) is 5.26 Å². The van der Waals surface area contributed by atoms with E-state index < -0.39 is 0 Å². The van der Waals surface area contributed by atoms with E-state index in [-0.39, 0.29) is 5.95 Å². The fourth-order valence-corrected chi connectivity index (χ4v) is 4.28. The highest BCUT2D eigenvalue weighted by Crippen LogP contribution is 2.35. The Morgan fingerprint density at radius 3 is 2.57 bits per heavy atom. The number of rotatable bonds is 6. The molecular weight excluding hydrogens is 418 g/mol. The van der Waals surface area contributed by atoms with Gasteiger partial charge in [-0.1, -0.05) is 25.1 Å². The molecule has 0 saturated heterocycles. The Morgan fingerprint density at radius 1 is 1.27 bits per heavy atom. The third-order valence-corrected chi connectivity index (χ3v) is 6.36. The van der Waals surface area contributed by atoms with Gasteiger partial charge >= 0.3 is 0 Å². The van der Waals surface area contributed by atoms with Gasteiger partial charge in [0.25, 0.3) is 0 Å². The Kier molecular flexibility index (Phi) is 6.97. The predicted molar refractivity (Wildman–Crippen MR) is 120 cm³/mol. The summed E-state index contributed by atoms with van der Waals surface area (Å²) in [5.74, 6) is 0.991. The fraction of sp³-hybridized carbons (Fsp3) is 0.300. The van der Waals surface area contributed by atoms with Gasteiger partial charge in [-0.3, -0.25) is 0 Å². The maximum atomic E-state index is 11.6. The third-order valence-electron chi connectivity index (χ3n) is 4.60. The van der Waals surface area contributed by atoms with Crippen LogP contribution in [0.2, 0.25) is 0 Å². The lowest BCUT2D eigenvalue weighted by molar-refractivity contribution is 0.700. The molecule has 0 fully saturated rings. The molecule has 0 bridgehead atoms. The summed E-state index contributed by atoms with van der Waals surface area (Å²) < 4.78 is 14.2. The number of hydrogen-bond donors (Lipinski definition) is 1. The molecule has 0 atom stereocenters. The second kappa shape index (κ2) is 9.65. The minimum absolute atomic E-state index is 0.169. The number of hydrogen-bond acceptors (Lipinski definition) is 8. The SMILES string of the molecule is CCCCC(Sc1nc(-c2cnc(N)nc2)cc(-c2cnc(C)n2C)c1C#N)=S=O. The van der Waals surface area contributed by atoms with Gasteiger partial charge in [-0.25, -0.2) is 24.1 Å². The number of imidazole rings is 1. The number of unbranched alkanes of at least 4 members (excludes halogenated alkanes) is 1. The summed E-state index contributed by atoms with van der Waals surface area (Å²) in [5, 5.41) is 10.4. The predicted octanol–water partition coefficient (Wildman–Crippen LogP) is 3.33. The van der Waals surface area contributed by atoms with Gasteiger partial charge in [0.05, 0.1) is 38.6 Å². The monoisotopic (exact) mass is 439 g/mol. The van der Waals surface area contributed by atoms with Gasteiger partial charge in [-0.2, -0.15) is 5.26 Å². The van der Waals surface area contributed by atoms with Crippen LogP contribution in [-0.4, -0.2) is 32.9 Å². The number of thioether (sulfide) groups is 1. The van der Waals surface area contributed by atoms with Crippen molar-refractivity contribution >= 4 is 33.2 Å². The van der Waals surface area contributed by atoms with Gasteiger partial charge < -0.3 is 10.3 Å². The Morgan fingerprint density at radius 2 is 2.00 bits per heavy atom. The van der Waals surface area contributed by atoms with Crippen LogP contribution in [0.25, 0.3) is 22.5 Å². The van der Waals surface area contributed by atoms with Crippen molar-refractivity contribution in [1.82, 2.24) is 24.5 Å². The number of pyridine rings is 1. The van der Waals surface area contributed by atoms with Crippen molar-refractivity contribution in [2.45, 2.75) is 38.1 Å². The molecule has 0 radical (unpaired) electrons. The zero-order valence-electron chi connectivity index (χ0n) is 16.9. The van der Waals surface area contributed by atoms with Crippen LogP contribution in [0, 0.1) is 18.3 Å². The van der Waals surface area contributed by atoms with Gasteiger partial charge in [-0.15, -0.1) is 0 Å². The molecule has 0 aromatic carbocycles. The highest BCUT2D eigenvalue weighted by Gasteiger charge is 2.20. The Balaban J connectivity index is 2.21. The molecule has 10 heteroatoms. The second-order valence-corrected chi connectivity index (χ2v) is 8.59. The Bertz CT molecular complexity index is 1160. The highest BCUT2D eigenvalue weighted by molar-refractivity contribution is 8.20. The first kappa shape index (κ1) is 21.7. The summed E-state index contributed by atoms with van der Waals surface area (Å²) in [7, 11) is 1.89. The van der Waals surface area contributed by atoms with Crippen LogP contribution < -0.4 is 5.73 Å². The molecular formula is C20H21N7OS2. The smallest absolute Gasteiger partial charge is 0.219 e. The molecule has 3 rings (SSSR count). The summed E-state index contributed by atoms with van der Waals surface area (Å²) >= 11 is 1.71. The van der Waals surface area contributed by atoms with Gasteiger partial charge in [0.2, 0.25) is 5.95 Å². The minimum atomic E-state index is 0.169. The quantitative estimate of drug-likeness (QED) is 0.458. The number of aryl methyl sites for hydroxylation is 1. The van der Waals surface area contributed by atoms with Crippen LogP contribution in [0.1, 0.15) is 37.6 Å². The number of anilines is 1. The zero-order chi connectivity index (χ0) is 21.7. The van der Waals surface area contributed by atoms with E-state index in [1.165, 1.54) is 11.8 Å². The van der Waals surface area contributed by atoms with Gasteiger partial charge in [0.1, 0.15) is 16.9 Å². The topological polar surface area (TPSA) is 123 Å². The van der Waals surface area contributed by atoms with Crippen LogP contribution in [0.5, 0.6) is 0 Å². The standard InChI is InChI=1S/C20H21N7OS2/c1-4-5-6-18(30-28)29-19-15(8-21)14(17-11-23-12(2)27(17)3)7-16(26-19)13-9-24-20(22)25-10-13/h7,9-11H,4-6H2,1-3H3,(H2,22,24,25). The molecule has 8 nitrogen and oxygen atoms in total. The average molecular weight is 440 g/mol. The molecule has 3 aromatic heterocycles. The Labute approximate surface area is 182 Å². The summed E-state index contributed by atoms with van der Waals surface area (Å²) in [5.41, 5.74) is 8.76. The first-order valence-electron chi connectivity index (χ1n) is 9.33. The first-order chi connectivity index (χ1) is 14.5. The summed E-state index contributed by atoms with van der Waals surface area (Å²) in [4.78, 5) is 17.1. The first-order valence-corrected chi connectivity index (χ1v) is 10.9. The van der Waals surface area contributed by atoms with E-state index in [2.05, 4.69) is 32.9 Å². The fourth-order valence-electron chi connectivity index (χ4n) is 2.81. The largest absolute Gasteiger partial charge is 0.368 e. The third kappa shape index (κ3) is 4.58. The van der Waals surface area contributed by atoms with Gasteiger partial charge in [-0.05, 0) is 25.8 Å². The molecule has 30 heavy (non-hydrogen) atoms. The molecule has 154 valence electrons. The lowest BCUT2D eigenvalue weighted by Gasteiger charge is -2.13. The molecule has 0 amide bonds. The van der Waals surface area contributed by atoms with E-state index in [9.17, 15) is 9.47 Å². The van der Waals surface area contributed by atoms with Crippen molar-refractivity contribution in [3.8, 4) is 28.6 Å². The van der Waals surface area contributed by atoms with E-state index in [1.54, 1.807) is 18.6 Å². The normalized spacial score (nSPS) is 10.6. The van der Waals surface area contributed by atoms with Crippen molar-refractivity contribution < 1.29 is 4.21 Å². The van der Waals surface area contributed by atoms with Crippen LogP contribution in [0.4, 0.5) is 5.95 Å². The van der Waals surface area contributed by atoms with E-state index in [4.69, 9.17) is 5.73 Å². The molecule has 0 aliphatic heterocycles. The molecule has 2 N–H and O–H groups in total. The Hall–Kier alpha value is -3.03. The minimum Gasteiger partial charge on any atom is -0.368 e. The lowest BCUT2D eigenvalue weighted by atomic mass is 10.0. The zero-order valence-corrected chi connectivity index (χ0v) is 18.5. The van der Waals surface area contributed by atoms with E-state index in [0.29, 0.717) is 49.3 Å². The van der Waals surface area contributed by atoms with Gasteiger partial charge in [0, 0.05) is 30.6 Å². The van der Waals surface area contributed by atoms with Crippen molar-refractivity contribution in [2.75, 3.05) is 5.73 Å². The number of nitrogens with two attached hydrogens (primary N) is 1. The number of nitrogen functional groups attached to an aromatic ring is 1.